The number of nitrogens with zero attached hydrogens (tertiary/aromatic N) is 2. The van der Waals surface area contributed by atoms with Crippen LogP contribution in [0.15, 0.2) is 4.99 Å². The molecule has 1 aliphatic carbocycles. The van der Waals surface area contributed by atoms with E-state index < -0.39 is 0 Å². The Hall–Kier alpha value is -0.910. The lowest BCUT2D eigenvalue weighted by Gasteiger charge is -2.32. The molecule has 0 radical (unpaired) electrons. The summed E-state index contributed by atoms with van der Waals surface area (Å²) in [7, 11) is 3.53. The summed E-state index contributed by atoms with van der Waals surface area (Å²) in [6.45, 7) is 5.71. The third-order valence-corrected chi connectivity index (χ3v) is 5.14. The van der Waals surface area contributed by atoms with Crippen molar-refractivity contribution in [3.8, 4) is 0 Å². The molecule has 0 spiro atoms. The van der Waals surface area contributed by atoms with Crippen LogP contribution in [-0.4, -0.2) is 62.0 Å². The second kappa shape index (κ2) is 10.8. The second-order valence-electron chi connectivity index (χ2n) is 6.87. The first-order valence-electron chi connectivity index (χ1n) is 8.68. The van der Waals surface area contributed by atoms with Gasteiger partial charge in [-0.2, -0.15) is 11.8 Å². The fourth-order valence-corrected chi connectivity index (χ4v) is 3.14. The highest BCUT2D eigenvalue weighted by atomic mass is 32.2. The van der Waals surface area contributed by atoms with E-state index in [0.29, 0.717) is 6.04 Å². The van der Waals surface area contributed by atoms with Crippen LogP contribution >= 0.6 is 11.8 Å². The predicted octanol–water partition coefficient (Wildman–Crippen LogP) is 2.19. The zero-order chi connectivity index (χ0) is 17.2. The first kappa shape index (κ1) is 20.1. The molecule has 1 saturated carbocycles. The lowest BCUT2D eigenvalue weighted by molar-refractivity contribution is -0.127. The summed E-state index contributed by atoms with van der Waals surface area (Å²) in [5, 5.41) is 6.87. The number of amides is 1. The van der Waals surface area contributed by atoms with Crippen molar-refractivity contribution in [2.24, 2.45) is 16.8 Å². The van der Waals surface area contributed by atoms with Gasteiger partial charge in [-0.3, -0.25) is 4.79 Å². The first-order chi connectivity index (χ1) is 10.9. The second-order valence-corrected chi connectivity index (χ2v) is 7.86. The Morgan fingerprint density at radius 2 is 1.91 bits per heavy atom. The molecule has 0 heterocycles. The Kier molecular flexibility index (Phi) is 9.44. The van der Waals surface area contributed by atoms with Crippen LogP contribution in [0.4, 0.5) is 0 Å². The molecule has 1 amide bonds. The maximum Gasteiger partial charge on any atom is 0.243 e. The number of hydrogen-bond donors (Lipinski definition) is 2. The van der Waals surface area contributed by atoms with Gasteiger partial charge in [-0.1, -0.05) is 13.8 Å². The van der Waals surface area contributed by atoms with Gasteiger partial charge in [0.15, 0.2) is 5.96 Å². The van der Waals surface area contributed by atoms with E-state index in [9.17, 15) is 4.79 Å². The summed E-state index contributed by atoms with van der Waals surface area (Å²) in [5.41, 5.74) is 0. The van der Waals surface area contributed by atoms with Gasteiger partial charge in [0.05, 0.1) is 0 Å². The van der Waals surface area contributed by atoms with E-state index in [-0.39, 0.29) is 12.5 Å². The zero-order valence-corrected chi connectivity index (χ0v) is 16.2. The minimum Gasteiger partial charge on any atom is -0.356 e. The molecule has 134 valence electrons. The highest BCUT2D eigenvalue weighted by Crippen LogP contribution is 2.29. The summed E-state index contributed by atoms with van der Waals surface area (Å²) in [5.74, 6) is 3.47. The van der Waals surface area contributed by atoms with Crippen LogP contribution in [0.25, 0.3) is 0 Å². The lowest BCUT2D eigenvalue weighted by Crippen LogP contribution is -2.46. The number of aliphatic imine (C=N–C) groups is 1. The molecule has 2 N–H and O–H groups in total. The molecule has 6 heteroatoms. The molecule has 0 saturated heterocycles. The van der Waals surface area contributed by atoms with Gasteiger partial charge in [0.1, 0.15) is 6.54 Å². The van der Waals surface area contributed by atoms with Gasteiger partial charge in [-0.25, -0.2) is 4.99 Å². The highest BCUT2D eigenvalue weighted by molar-refractivity contribution is 7.98. The molecular weight excluding hydrogens is 308 g/mol. The molecule has 0 unspecified atom stereocenters. The smallest absolute Gasteiger partial charge is 0.243 e. The molecule has 23 heavy (non-hydrogen) atoms. The van der Waals surface area contributed by atoms with Crippen LogP contribution in [-0.2, 0) is 4.79 Å². The molecule has 0 aromatic carbocycles. The van der Waals surface area contributed by atoms with E-state index in [4.69, 9.17) is 0 Å². The van der Waals surface area contributed by atoms with Crippen molar-refractivity contribution in [1.82, 2.24) is 15.5 Å². The van der Waals surface area contributed by atoms with E-state index >= 15 is 0 Å². The highest BCUT2D eigenvalue weighted by Gasteiger charge is 2.23. The molecule has 0 bridgehead atoms. The number of likely N-dealkylation sites (N-methyl/N-ethyl adjacent to an activating group) is 1. The van der Waals surface area contributed by atoms with Gasteiger partial charge in [-0.15, -0.1) is 0 Å². The lowest BCUT2D eigenvalue weighted by atomic mass is 9.80. The monoisotopic (exact) mass is 342 g/mol. The normalized spacial score (nSPS) is 22.1. The molecular formula is C17H34N4OS. The SMILES string of the molecule is CSCCNC(=NCC(=O)N(C)C)NC1CCC(C(C)C)CC1. The number of guanidine groups is 1. The minimum absolute atomic E-state index is 0.0273. The van der Waals surface area contributed by atoms with Crippen molar-refractivity contribution in [2.45, 2.75) is 45.6 Å². The molecule has 1 rings (SSSR count). The number of rotatable bonds is 7. The van der Waals surface area contributed by atoms with Gasteiger partial charge in [-0.05, 0) is 43.8 Å². The number of hydrogen-bond acceptors (Lipinski definition) is 3. The van der Waals surface area contributed by atoms with Gasteiger partial charge >= 0.3 is 0 Å². The summed E-state index contributed by atoms with van der Waals surface area (Å²) in [4.78, 5) is 17.8. The number of carbonyl (C=O) groups excluding carboxylic acids is 1. The molecule has 0 aromatic heterocycles. The van der Waals surface area contributed by atoms with Crippen molar-refractivity contribution in [3.05, 3.63) is 0 Å². The minimum atomic E-state index is 0.0273. The number of thioether (sulfide) groups is 1. The van der Waals surface area contributed by atoms with Crippen LogP contribution < -0.4 is 10.6 Å². The number of carbonyl (C=O) groups is 1. The van der Waals surface area contributed by atoms with Crippen molar-refractivity contribution >= 4 is 23.6 Å². The average molecular weight is 343 g/mol. The number of nitrogens with one attached hydrogen (secondary N) is 2. The topological polar surface area (TPSA) is 56.7 Å². The standard InChI is InChI=1S/C17H34N4OS/c1-13(2)14-6-8-15(9-7-14)20-17(18-10-11-23-5)19-12-16(22)21(3)4/h13-15H,6-12H2,1-5H3,(H2,18,19,20). The van der Waals surface area contributed by atoms with Crippen molar-refractivity contribution < 1.29 is 4.79 Å². The van der Waals surface area contributed by atoms with Gasteiger partial charge in [0.25, 0.3) is 0 Å². The fraction of sp³-hybridized carbons (Fsp3) is 0.882. The Morgan fingerprint density at radius 3 is 2.43 bits per heavy atom. The van der Waals surface area contributed by atoms with Crippen LogP contribution in [0.2, 0.25) is 0 Å². The Bertz CT molecular complexity index is 377. The van der Waals surface area contributed by atoms with Crippen molar-refractivity contribution in [3.63, 3.8) is 0 Å². The van der Waals surface area contributed by atoms with Crippen molar-refractivity contribution in [2.75, 3.05) is 39.2 Å². The predicted molar refractivity (Wildman–Crippen MR) is 101 cm³/mol. The molecule has 1 fully saturated rings. The third-order valence-electron chi connectivity index (χ3n) is 4.53. The maximum atomic E-state index is 11.7. The first-order valence-corrected chi connectivity index (χ1v) is 10.1. The van der Waals surface area contributed by atoms with Gasteiger partial charge < -0.3 is 15.5 Å². The largest absolute Gasteiger partial charge is 0.356 e. The quantitative estimate of drug-likeness (QED) is 0.423. The third kappa shape index (κ3) is 7.95. The summed E-state index contributed by atoms with van der Waals surface area (Å²) in [6, 6.07) is 0.472. The van der Waals surface area contributed by atoms with Crippen LogP contribution in [0.1, 0.15) is 39.5 Å². The van der Waals surface area contributed by atoms with Crippen LogP contribution in [0, 0.1) is 11.8 Å². The summed E-state index contributed by atoms with van der Waals surface area (Å²) in [6.07, 6.45) is 7.03. The van der Waals surface area contributed by atoms with E-state index in [1.807, 2.05) is 0 Å². The molecule has 0 aromatic rings. The van der Waals surface area contributed by atoms with Crippen LogP contribution in [0.3, 0.4) is 0 Å². The molecule has 5 nitrogen and oxygen atoms in total. The van der Waals surface area contributed by atoms with E-state index in [1.54, 1.807) is 30.8 Å². The molecule has 0 aliphatic heterocycles. The Labute approximate surface area is 146 Å². The van der Waals surface area contributed by atoms with E-state index in [2.05, 4.69) is 35.7 Å². The maximum absolute atomic E-state index is 11.7. The zero-order valence-electron chi connectivity index (χ0n) is 15.4. The van der Waals surface area contributed by atoms with Crippen molar-refractivity contribution in [1.29, 1.82) is 0 Å². The molecule has 1 aliphatic rings. The van der Waals surface area contributed by atoms with Gasteiger partial charge in [0.2, 0.25) is 5.91 Å². The fourth-order valence-electron chi connectivity index (χ4n) is 2.84. The average Bonchev–Trinajstić information content (AvgIpc) is 2.52. The van der Waals surface area contributed by atoms with E-state index in [1.165, 1.54) is 25.7 Å². The molecule has 0 atom stereocenters. The van der Waals surface area contributed by atoms with Crippen LogP contribution in [0.5, 0.6) is 0 Å². The Balaban J connectivity index is 2.52. The van der Waals surface area contributed by atoms with Gasteiger partial charge in [0, 0.05) is 32.4 Å². The van der Waals surface area contributed by atoms with E-state index in [0.717, 1.165) is 30.1 Å². The Morgan fingerprint density at radius 1 is 1.26 bits per heavy atom. The summed E-state index contributed by atoms with van der Waals surface area (Å²) < 4.78 is 0. The summed E-state index contributed by atoms with van der Waals surface area (Å²) >= 11 is 1.80.